The molecule has 0 fully saturated rings. The van der Waals surface area contributed by atoms with Crippen molar-refractivity contribution in [1.82, 2.24) is 4.98 Å². The van der Waals surface area contributed by atoms with E-state index >= 15 is 0 Å². The number of pyridine rings is 1. The molecule has 0 N–H and O–H groups in total. The van der Waals surface area contributed by atoms with Crippen LogP contribution in [0.2, 0.25) is 5.02 Å². The molecule has 2 aromatic carbocycles. The predicted molar refractivity (Wildman–Crippen MR) is 133 cm³/mol. The molecule has 0 saturated heterocycles. The van der Waals surface area contributed by atoms with E-state index in [2.05, 4.69) is 16.6 Å². The number of hydrogen-bond donors (Lipinski definition) is 0. The number of halogens is 4. The fourth-order valence-corrected chi connectivity index (χ4v) is 4.21. The molecule has 192 valence electrons. The first-order valence-electron chi connectivity index (χ1n) is 11.7. The lowest BCUT2D eigenvalue weighted by atomic mass is 9.76. The third-order valence-corrected chi connectivity index (χ3v) is 5.74. The van der Waals surface area contributed by atoms with Gasteiger partial charge < -0.3 is 9.47 Å². The number of esters is 1. The molecule has 0 saturated carbocycles. The van der Waals surface area contributed by atoms with E-state index in [0.29, 0.717) is 10.6 Å². The Hall–Kier alpha value is -3.06. The summed E-state index contributed by atoms with van der Waals surface area (Å²) >= 11 is 6.07. The number of carbonyl (C=O) groups excluding carboxylic acids is 1. The van der Waals surface area contributed by atoms with Gasteiger partial charge in [0.1, 0.15) is 11.4 Å². The topological polar surface area (TPSA) is 48.4 Å². The van der Waals surface area contributed by atoms with Crippen LogP contribution in [0, 0.1) is 0 Å². The molecule has 3 aromatic rings. The Balaban J connectivity index is 2.00. The normalized spacial score (nSPS) is 13.7. The molecule has 0 aliphatic carbocycles. The van der Waals surface area contributed by atoms with E-state index in [4.69, 9.17) is 16.3 Å². The van der Waals surface area contributed by atoms with E-state index in [0.717, 1.165) is 29.7 Å². The molecule has 0 amide bonds. The molecule has 4 nitrogen and oxygen atoms in total. The minimum Gasteiger partial charge on any atom is -0.456 e. The summed E-state index contributed by atoms with van der Waals surface area (Å²) < 4.78 is 47.5. The zero-order chi connectivity index (χ0) is 26.5. The second-order valence-electron chi connectivity index (χ2n) is 9.51. The van der Waals surface area contributed by atoms with Crippen molar-refractivity contribution in [3.63, 3.8) is 0 Å². The van der Waals surface area contributed by atoms with Crippen LogP contribution >= 0.6 is 11.6 Å². The molecule has 0 bridgehead atoms. The Labute approximate surface area is 214 Å². The van der Waals surface area contributed by atoms with Gasteiger partial charge in [-0.25, -0.2) is 4.79 Å². The van der Waals surface area contributed by atoms with Gasteiger partial charge in [-0.15, -0.1) is 13.2 Å². The Morgan fingerprint density at radius 2 is 1.56 bits per heavy atom. The summed E-state index contributed by atoms with van der Waals surface area (Å²) in [6.07, 6.45) is -1.57. The average Bonchev–Trinajstić information content (AvgIpc) is 2.79. The fourth-order valence-electron chi connectivity index (χ4n) is 4.10. The molecule has 2 atom stereocenters. The molecule has 36 heavy (non-hydrogen) atoms. The minimum absolute atomic E-state index is 0.0641. The summed E-state index contributed by atoms with van der Waals surface area (Å²) in [6.45, 7) is 7.50. The Kier molecular flexibility index (Phi) is 8.67. The zero-order valence-electron chi connectivity index (χ0n) is 20.6. The molecule has 0 aliphatic heterocycles. The number of aromatic nitrogens is 1. The van der Waals surface area contributed by atoms with E-state index < -0.39 is 17.9 Å². The van der Waals surface area contributed by atoms with Crippen molar-refractivity contribution in [2.24, 2.45) is 0 Å². The van der Waals surface area contributed by atoms with Crippen LogP contribution in [-0.4, -0.2) is 22.9 Å². The van der Waals surface area contributed by atoms with Crippen LogP contribution in [0.5, 0.6) is 5.75 Å². The van der Waals surface area contributed by atoms with Crippen LogP contribution in [0.3, 0.4) is 0 Å². The summed E-state index contributed by atoms with van der Waals surface area (Å²) in [5.41, 5.74) is 2.33. The Morgan fingerprint density at radius 1 is 0.944 bits per heavy atom. The lowest BCUT2D eigenvalue weighted by Crippen LogP contribution is -2.23. The van der Waals surface area contributed by atoms with Crippen LogP contribution in [-0.2, 0) is 4.74 Å². The number of alkyl halides is 3. The summed E-state index contributed by atoms with van der Waals surface area (Å²) in [5, 5.41) is 0.486. The Morgan fingerprint density at radius 3 is 2.06 bits per heavy atom. The van der Waals surface area contributed by atoms with E-state index in [9.17, 15) is 18.0 Å². The first kappa shape index (κ1) is 27.5. The lowest BCUT2D eigenvalue weighted by Gasteiger charge is -2.28. The zero-order valence-corrected chi connectivity index (χ0v) is 21.4. The largest absolute Gasteiger partial charge is 0.573 e. The van der Waals surface area contributed by atoms with Crippen LogP contribution < -0.4 is 4.74 Å². The van der Waals surface area contributed by atoms with Gasteiger partial charge in [0.15, 0.2) is 0 Å². The molecule has 8 heteroatoms. The monoisotopic (exact) mass is 519 g/mol. The maximum absolute atomic E-state index is 12.7. The van der Waals surface area contributed by atoms with E-state index in [1.54, 1.807) is 36.5 Å². The number of benzene rings is 2. The van der Waals surface area contributed by atoms with Crippen molar-refractivity contribution >= 4 is 17.6 Å². The van der Waals surface area contributed by atoms with Crippen molar-refractivity contribution in [2.75, 3.05) is 0 Å². The second-order valence-corrected chi connectivity index (χ2v) is 9.95. The molecule has 1 aromatic heterocycles. The van der Waals surface area contributed by atoms with Crippen molar-refractivity contribution in [2.45, 2.75) is 64.3 Å². The smallest absolute Gasteiger partial charge is 0.456 e. The molecular weight excluding hydrogens is 491 g/mol. The maximum Gasteiger partial charge on any atom is 0.573 e. The molecule has 0 spiro atoms. The molecule has 0 radical (unpaired) electrons. The van der Waals surface area contributed by atoms with Gasteiger partial charge in [-0.05, 0) is 80.6 Å². The first-order chi connectivity index (χ1) is 16.9. The van der Waals surface area contributed by atoms with E-state index in [1.165, 1.54) is 12.1 Å². The molecule has 3 rings (SSSR count). The second kappa shape index (κ2) is 11.3. The number of ether oxygens (including phenoxy) is 2. The Bertz CT molecular complexity index is 1140. The lowest BCUT2D eigenvalue weighted by molar-refractivity contribution is -0.274. The third-order valence-electron chi connectivity index (χ3n) is 5.52. The van der Waals surface area contributed by atoms with Crippen LogP contribution in [0.25, 0.3) is 0 Å². The van der Waals surface area contributed by atoms with Gasteiger partial charge in [0.25, 0.3) is 0 Å². The number of carbonyl (C=O) groups is 1. The summed E-state index contributed by atoms with van der Waals surface area (Å²) in [7, 11) is 0. The molecule has 2 unspecified atom stereocenters. The summed E-state index contributed by atoms with van der Waals surface area (Å²) in [5.74, 6) is -1.03. The van der Waals surface area contributed by atoms with Crippen LogP contribution in [0.4, 0.5) is 13.2 Å². The number of rotatable bonds is 8. The maximum atomic E-state index is 12.7. The predicted octanol–water partition coefficient (Wildman–Crippen LogP) is 8.30. The van der Waals surface area contributed by atoms with Crippen LogP contribution in [0.1, 0.15) is 79.6 Å². The van der Waals surface area contributed by atoms with Gasteiger partial charge in [0, 0.05) is 17.8 Å². The highest BCUT2D eigenvalue weighted by molar-refractivity contribution is 6.30. The minimum atomic E-state index is -4.76. The first-order valence-corrected chi connectivity index (χ1v) is 12.0. The third kappa shape index (κ3) is 7.72. The molecular formula is C28H29ClF3NO3. The standard InChI is InChI=1S/C28H29ClF3NO3/c1-5-6-23(18-7-9-20(10-8-18)26(34)36-27(2,3)4)25(24-16-13-21(29)17-33-24)19-11-14-22(15-12-19)35-28(30,31)32/h7-17,23,25H,5-6H2,1-4H3. The van der Waals surface area contributed by atoms with Crippen molar-refractivity contribution in [3.05, 3.63) is 94.3 Å². The molecule has 0 aliphatic rings. The number of nitrogens with zero attached hydrogens (tertiary/aromatic N) is 1. The highest BCUT2D eigenvalue weighted by atomic mass is 35.5. The average molecular weight is 520 g/mol. The quantitative estimate of drug-likeness (QED) is 0.281. The van der Waals surface area contributed by atoms with Crippen molar-refractivity contribution in [3.8, 4) is 5.75 Å². The van der Waals surface area contributed by atoms with Crippen LogP contribution in [0.15, 0.2) is 66.9 Å². The highest BCUT2D eigenvalue weighted by Crippen LogP contribution is 2.41. The van der Waals surface area contributed by atoms with Gasteiger partial charge in [0.2, 0.25) is 0 Å². The summed E-state index contributed by atoms with van der Waals surface area (Å²) in [6, 6.07) is 16.7. The number of hydrogen-bond acceptors (Lipinski definition) is 4. The van der Waals surface area contributed by atoms with Crippen molar-refractivity contribution in [1.29, 1.82) is 0 Å². The summed E-state index contributed by atoms with van der Waals surface area (Å²) in [4.78, 5) is 17.0. The van der Waals surface area contributed by atoms with Crippen molar-refractivity contribution < 1.29 is 27.4 Å². The van der Waals surface area contributed by atoms with Gasteiger partial charge in [-0.1, -0.05) is 49.2 Å². The van der Waals surface area contributed by atoms with Gasteiger partial charge >= 0.3 is 12.3 Å². The van der Waals surface area contributed by atoms with E-state index in [-0.39, 0.29) is 17.6 Å². The fraction of sp³-hybridized carbons (Fsp3) is 0.357. The van der Waals surface area contributed by atoms with Gasteiger partial charge in [0.05, 0.1) is 10.6 Å². The van der Waals surface area contributed by atoms with Gasteiger partial charge in [-0.2, -0.15) is 0 Å². The van der Waals surface area contributed by atoms with E-state index in [1.807, 2.05) is 39.0 Å². The highest BCUT2D eigenvalue weighted by Gasteiger charge is 2.32. The SMILES string of the molecule is CCCC(c1ccc(C(=O)OC(C)(C)C)cc1)C(c1ccc(OC(F)(F)F)cc1)c1ccc(Cl)cn1. The van der Waals surface area contributed by atoms with Gasteiger partial charge in [-0.3, -0.25) is 4.98 Å². The molecule has 1 heterocycles.